The van der Waals surface area contributed by atoms with Gasteiger partial charge in [-0.15, -0.1) is 0 Å². The molecule has 232 valence electrons. The molecule has 3 rings (SSSR count). The molecule has 7 nitrogen and oxygen atoms in total. The summed E-state index contributed by atoms with van der Waals surface area (Å²) in [5.74, 6) is -1.36. The third-order valence-electron chi connectivity index (χ3n) is 6.38. The summed E-state index contributed by atoms with van der Waals surface area (Å²) >= 11 is 18.4. The molecule has 3 aromatic carbocycles. The van der Waals surface area contributed by atoms with Crippen LogP contribution in [0.4, 0.5) is 18.9 Å². The maximum Gasteiger partial charge on any atom is 0.416 e. The number of benzene rings is 3. The van der Waals surface area contributed by atoms with Crippen molar-refractivity contribution in [1.82, 2.24) is 10.2 Å². The Bertz CT molecular complexity index is 1560. The van der Waals surface area contributed by atoms with Crippen LogP contribution in [0.1, 0.15) is 30.0 Å². The minimum absolute atomic E-state index is 0.0621. The number of halogens is 6. The maximum absolute atomic E-state index is 14.0. The molecule has 2 amide bonds. The Hall–Kier alpha value is -2.99. The smallest absolute Gasteiger partial charge is 0.354 e. The molecule has 14 heteroatoms. The summed E-state index contributed by atoms with van der Waals surface area (Å²) < 4.78 is 66.8. The third kappa shape index (κ3) is 9.50. The summed E-state index contributed by atoms with van der Waals surface area (Å²) in [6.45, 7) is 1.04. The monoisotopic (exact) mass is 677 g/mol. The summed E-state index contributed by atoms with van der Waals surface area (Å²) in [6.07, 6.45) is -3.38. The zero-order chi connectivity index (χ0) is 31.9. The number of carbonyl (C=O) groups is 2. The number of amides is 2. The van der Waals surface area contributed by atoms with Gasteiger partial charge in [-0.1, -0.05) is 78.1 Å². The lowest BCUT2D eigenvalue weighted by atomic mass is 10.0. The van der Waals surface area contributed by atoms with Crippen LogP contribution in [0, 0.1) is 0 Å². The summed E-state index contributed by atoms with van der Waals surface area (Å²) in [4.78, 5) is 28.7. The summed E-state index contributed by atoms with van der Waals surface area (Å²) in [7, 11) is -4.34. The van der Waals surface area contributed by atoms with Crippen LogP contribution >= 0.6 is 34.8 Å². The molecule has 1 N–H and O–H groups in total. The Morgan fingerprint density at radius 2 is 1.56 bits per heavy atom. The normalized spacial score (nSPS) is 12.5. The van der Waals surface area contributed by atoms with Gasteiger partial charge < -0.3 is 10.2 Å². The van der Waals surface area contributed by atoms with Gasteiger partial charge in [0.25, 0.3) is 0 Å². The topological polar surface area (TPSA) is 86.8 Å². The van der Waals surface area contributed by atoms with Gasteiger partial charge in [-0.05, 0) is 47.9 Å². The van der Waals surface area contributed by atoms with Crippen LogP contribution in [0.15, 0.2) is 66.7 Å². The number of rotatable bonds is 12. The SMILES string of the molecule is CCCNC(=O)[C@@H](Cc1ccccc1)N(Cc1ccc(Cl)c(Cl)c1)C(=O)CN(c1cc(C(F)(F)F)ccc1Cl)S(C)(=O)=O. The van der Waals surface area contributed by atoms with Crippen LogP contribution in [-0.4, -0.2) is 50.5 Å². The lowest BCUT2D eigenvalue weighted by Gasteiger charge is -2.33. The van der Waals surface area contributed by atoms with Crippen LogP contribution in [0.2, 0.25) is 15.1 Å². The maximum atomic E-state index is 14.0. The van der Waals surface area contributed by atoms with E-state index in [1.807, 2.05) is 6.92 Å². The Morgan fingerprint density at radius 1 is 0.907 bits per heavy atom. The zero-order valence-corrected chi connectivity index (χ0v) is 26.3. The van der Waals surface area contributed by atoms with E-state index < -0.39 is 51.9 Å². The van der Waals surface area contributed by atoms with Crippen LogP contribution in [-0.2, 0) is 38.8 Å². The standard InChI is InChI=1S/C29H29Cl3F3N3O4S/c1-3-13-36-28(40)26(15-19-7-5-4-6-8-19)37(17-20-9-11-22(30)24(32)14-20)27(39)18-38(43(2,41)42)25-16-21(29(33,34)35)10-12-23(25)31/h4-12,14,16,26H,3,13,15,17-18H2,1-2H3,(H,36,40)/t26-/m1/s1. The second kappa shape index (κ2) is 14.7. The first kappa shape index (κ1) is 34.5. The molecule has 0 bridgehead atoms. The highest BCUT2D eigenvalue weighted by atomic mass is 35.5. The molecule has 0 saturated heterocycles. The van der Waals surface area contributed by atoms with Crippen molar-refractivity contribution < 1.29 is 31.2 Å². The van der Waals surface area contributed by atoms with Crippen molar-refractivity contribution >= 4 is 62.3 Å². The minimum atomic E-state index is -4.80. The fourth-order valence-electron chi connectivity index (χ4n) is 4.23. The molecule has 3 aromatic rings. The van der Waals surface area contributed by atoms with Gasteiger partial charge in [0.2, 0.25) is 21.8 Å². The lowest BCUT2D eigenvalue weighted by molar-refractivity contribution is -0.140. The highest BCUT2D eigenvalue weighted by molar-refractivity contribution is 7.92. The first-order valence-corrected chi connectivity index (χ1v) is 16.0. The molecule has 0 aromatic heterocycles. The Balaban J connectivity index is 2.12. The number of anilines is 1. The highest BCUT2D eigenvalue weighted by Gasteiger charge is 2.36. The summed E-state index contributed by atoms with van der Waals surface area (Å²) in [5, 5.41) is 2.92. The van der Waals surface area contributed by atoms with Crippen molar-refractivity contribution in [3.63, 3.8) is 0 Å². The highest BCUT2D eigenvalue weighted by Crippen LogP contribution is 2.36. The van der Waals surface area contributed by atoms with Gasteiger partial charge >= 0.3 is 6.18 Å². The predicted octanol–water partition coefficient (Wildman–Crippen LogP) is 6.60. The second-order valence-corrected chi connectivity index (χ2v) is 12.8. The molecule has 43 heavy (non-hydrogen) atoms. The molecule has 0 fully saturated rings. The van der Waals surface area contributed by atoms with Crippen LogP contribution in [0.25, 0.3) is 0 Å². The minimum Gasteiger partial charge on any atom is -0.354 e. The fraction of sp³-hybridized carbons (Fsp3) is 0.310. The first-order valence-electron chi connectivity index (χ1n) is 13.0. The number of carbonyl (C=O) groups excluding carboxylic acids is 2. The molecule has 0 radical (unpaired) electrons. The molecule has 0 saturated carbocycles. The van der Waals surface area contributed by atoms with E-state index in [0.717, 1.165) is 12.3 Å². The number of alkyl halides is 3. The average molecular weight is 679 g/mol. The van der Waals surface area contributed by atoms with E-state index in [-0.39, 0.29) is 28.0 Å². The molecule has 0 aliphatic carbocycles. The van der Waals surface area contributed by atoms with Crippen molar-refractivity contribution in [3.8, 4) is 0 Å². The molecule has 0 aliphatic heterocycles. The zero-order valence-electron chi connectivity index (χ0n) is 23.2. The van der Waals surface area contributed by atoms with E-state index in [0.29, 0.717) is 40.5 Å². The number of hydrogen-bond acceptors (Lipinski definition) is 4. The van der Waals surface area contributed by atoms with Gasteiger partial charge in [0, 0.05) is 19.5 Å². The third-order valence-corrected chi connectivity index (χ3v) is 8.56. The van der Waals surface area contributed by atoms with E-state index in [1.54, 1.807) is 36.4 Å². The van der Waals surface area contributed by atoms with Crippen LogP contribution in [0.5, 0.6) is 0 Å². The molecule has 0 aliphatic rings. The van der Waals surface area contributed by atoms with Crippen molar-refractivity contribution in [2.24, 2.45) is 0 Å². The van der Waals surface area contributed by atoms with Gasteiger partial charge in [0.15, 0.2) is 0 Å². The summed E-state index contributed by atoms with van der Waals surface area (Å²) in [6, 6.07) is 14.5. The first-order chi connectivity index (χ1) is 20.1. The fourth-order valence-corrected chi connectivity index (χ4v) is 5.67. The van der Waals surface area contributed by atoms with Crippen molar-refractivity contribution in [2.45, 2.75) is 38.5 Å². The van der Waals surface area contributed by atoms with E-state index in [1.165, 1.54) is 17.0 Å². The Kier molecular flexibility index (Phi) is 11.8. The van der Waals surface area contributed by atoms with Gasteiger partial charge in [-0.2, -0.15) is 13.2 Å². The van der Waals surface area contributed by atoms with Crippen LogP contribution in [0.3, 0.4) is 0 Å². The molecule has 0 spiro atoms. The van der Waals surface area contributed by atoms with Crippen LogP contribution < -0.4 is 9.62 Å². The van der Waals surface area contributed by atoms with Crippen molar-refractivity contribution in [2.75, 3.05) is 23.7 Å². The van der Waals surface area contributed by atoms with Gasteiger partial charge in [-0.3, -0.25) is 13.9 Å². The quantitative estimate of drug-likeness (QED) is 0.234. The Labute approximate surface area is 263 Å². The predicted molar refractivity (Wildman–Crippen MR) is 163 cm³/mol. The number of hydrogen-bond donors (Lipinski definition) is 1. The summed E-state index contributed by atoms with van der Waals surface area (Å²) in [5.41, 5.74) is -0.488. The number of sulfonamides is 1. The largest absolute Gasteiger partial charge is 0.416 e. The van der Waals surface area contributed by atoms with E-state index >= 15 is 0 Å². The molecule has 0 unspecified atom stereocenters. The van der Waals surface area contributed by atoms with Gasteiger partial charge in [0.1, 0.15) is 12.6 Å². The molecule has 1 atom stereocenters. The number of nitrogens with one attached hydrogen (secondary N) is 1. The van der Waals surface area contributed by atoms with Crippen molar-refractivity contribution in [1.29, 1.82) is 0 Å². The van der Waals surface area contributed by atoms with E-state index in [9.17, 15) is 31.2 Å². The average Bonchev–Trinajstić information content (AvgIpc) is 2.93. The van der Waals surface area contributed by atoms with Gasteiger partial charge in [-0.25, -0.2) is 8.42 Å². The van der Waals surface area contributed by atoms with E-state index in [4.69, 9.17) is 34.8 Å². The van der Waals surface area contributed by atoms with Crippen molar-refractivity contribution in [3.05, 3.63) is 98.5 Å². The second-order valence-electron chi connectivity index (χ2n) is 9.70. The van der Waals surface area contributed by atoms with E-state index in [2.05, 4.69) is 5.32 Å². The molecular formula is C29H29Cl3F3N3O4S. The molecule has 0 heterocycles. The molecular weight excluding hydrogens is 650 g/mol. The number of nitrogens with zero attached hydrogens (tertiary/aromatic N) is 2. The lowest BCUT2D eigenvalue weighted by Crippen LogP contribution is -2.53. The van der Waals surface area contributed by atoms with Gasteiger partial charge in [0.05, 0.1) is 32.6 Å². The Morgan fingerprint density at radius 3 is 2.14 bits per heavy atom.